The maximum Gasteiger partial charge on any atom is 0.323 e. The molecule has 2 bridgehead atoms. The minimum atomic E-state index is -0.509. The van der Waals surface area contributed by atoms with E-state index >= 15 is 0 Å². The van der Waals surface area contributed by atoms with Crippen LogP contribution in [0.5, 0.6) is 5.75 Å². The normalized spacial score (nSPS) is 26.7. The fourth-order valence-corrected chi connectivity index (χ4v) is 4.71. The molecule has 7 heteroatoms. The Balaban J connectivity index is 1.29. The molecule has 2 aliphatic carbocycles. The molecule has 2 fully saturated rings. The molecule has 1 saturated heterocycles. The third kappa shape index (κ3) is 2.77. The molecule has 1 aliphatic heterocycles. The van der Waals surface area contributed by atoms with E-state index in [0.717, 1.165) is 6.42 Å². The molecular formula is C22H19N3O4. The van der Waals surface area contributed by atoms with Crippen molar-refractivity contribution in [1.82, 2.24) is 0 Å². The van der Waals surface area contributed by atoms with Gasteiger partial charge in [0.15, 0.2) is 0 Å². The van der Waals surface area contributed by atoms with Gasteiger partial charge in [0.25, 0.3) is 0 Å². The standard InChI is InChI=1S/C22H19N3O4/c26-17-4-2-1-3-16(17)24-22(29)23-14-7-9-15(10-8-14)25-20(27)18-12-5-6-13(11-12)19(18)21(25)28/h1-10,12-13,18-19,26H,11H2,(H2,23,24,29)/t12-,13-,18-,19-/m0/s1. The Morgan fingerprint density at radius 3 is 2.14 bits per heavy atom. The summed E-state index contributed by atoms with van der Waals surface area (Å²) in [6.45, 7) is 0. The van der Waals surface area contributed by atoms with Crippen molar-refractivity contribution in [2.75, 3.05) is 15.5 Å². The van der Waals surface area contributed by atoms with E-state index in [1.807, 2.05) is 0 Å². The molecule has 0 unspecified atom stereocenters. The largest absolute Gasteiger partial charge is 0.506 e. The molecule has 2 aromatic carbocycles. The van der Waals surface area contributed by atoms with Gasteiger partial charge in [0.2, 0.25) is 11.8 Å². The lowest BCUT2D eigenvalue weighted by molar-refractivity contribution is -0.123. The van der Waals surface area contributed by atoms with Crippen molar-refractivity contribution in [1.29, 1.82) is 0 Å². The number of fused-ring (bicyclic) bond motifs is 5. The number of amides is 4. The monoisotopic (exact) mass is 389 g/mol. The number of allylic oxidation sites excluding steroid dienone is 2. The number of aromatic hydroxyl groups is 1. The summed E-state index contributed by atoms with van der Waals surface area (Å²) in [6.07, 6.45) is 5.03. The predicted octanol–water partition coefficient (Wildman–Crippen LogP) is 3.35. The lowest BCUT2D eigenvalue weighted by atomic mass is 9.85. The number of phenolic OH excluding ortho intramolecular Hbond substituents is 1. The van der Waals surface area contributed by atoms with Crippen LogP contribution in [0, 0.1) is 23.7 Å². The van der Waals surface area contributed by atoms with E-state index in [4.69, 9.17) is 0 Å². The van der Waals surface area contributed by atoms with Crippen LogP contribution in [0.4, 0.5) is 21.9 Å². The molecule has 4 atom stereocenters. The van der Waals surface area contributed by atoms with Gasteiger partial charge in [0, 0.05) is 5.69 Å². The number of imide groups is 1. The van der Waals surface area contributed by atoms with E-state index < -0.39 is 6.03 Å². The van der Waals surface area contributed by atoms with Gasteiger partial charge >= 0.3 is 6.03 Å². The highest BCUT2D eigenvalue weighted by Crippen LogP contribution is 2.53. The molecule has 0 radical (unpaired) electrons. The van der Waals surface area contributed by atoms with E-state index in [1.165, 1.54) is 11.0 Å². The van der Waals surface area contributed by atoms with Crippen LogP contribution >= 0.6 is 0 Å². The second-order valence-corrected chi connectivity index (χ2v) is 7.65. The van der Waals surface area contributed by atoms with Gasteiger partial charge in [-0.2, -0.15) is 0 Å². The Kier molecular flexibility index (Phi) is 3.91. The van der Waals surface area contributed by atoms with Crippen LogP contribution in [-0.2, 0) is 9.59 Å². The smallest absolute Gasteiger partial charge is 0.323 e. The zero-order valence-electron chi connectivity index (χ0n) is 15.4. The Morgan fingerprint density at radius 2 is 1.52 bits per heavy atom. The first-order valence-corrected chi connectivity index (χ1v) is 9.55. The van der Waals surface area contributed by atoms with Gasteiger partial charge in [0.1, 0.15) is 5.75 Å². The van der Waals surface area contributed by atoms with Crippen LogP contribution in [0.3, 0.4) is 0 Å². The number of rotatable bonds is 3. The van der Waals surface area contributed by atoms with Gasteiger partial charge in [-0.05, 0) is 54.7 Å². The summed E-state index contributed by atoms with van der Waals surface area (Å²) >= 11 is 0. The molecule has 146 valence electrons. The molecule has 1 heterocycles. The predicted molar refractivity (Wildman–Crippen MR) is 107 cm³/mol. The van der Waals surface area contributed by atoms with Crippen molar-refractivity contribution >= 4 is 34.9 Å². The highest BCUT2D eigenvalue weighted by Gasteiger charge is 2.59. The summed E-state index contributed by atoms with van der Waals surface area (Å²) in [5.41, 5.74) is 1.31. The topological polar surface area (TPSA) is 98.7 Å². The minimum absolute atomic E-state index is 0.0296. The van der Waals surface area contributed by atoms with Gasteiger partial charge in [-0.3, -0.25) is 14.5 Å². The number of nitrogens with one attached hydrogen (secondary N) is 2. The van der Waals surface area contributed by atoms with Crippen molar-refractivity contribution in [3.05, 3.63) is 60.7 Å². The number of carbonyl (C=O) groups excluding carboxylic acids is 3. The number of hydrogen-bond acceptors (Lipinski definition) is 4. The summed E-state index contributed by atoms with van der Waals surface area (Å²) < 4.78 is 0. The molecule has 2 aromatic rings. The van der Waals surface area contributed by atoms with Crippen molar-refractivity contribution in [3.8, 4) is 5.75 Å². The molecule has 7 nitrogen and oxygen atoms in total. The molecule has 4 amide bonds. The second kappa shape index (κ2) is 6.48. The highest BCUT2D eigenvalue weighted by atomic mass is 16.3. The zero-order valence-corrected chi connectivity index (χ0v) is 15.4. The molecule has 3 N–H and O–H groups in total. The van der Waals surface area contributed by atoms with Crippen molar-refractivity contribution in [2.45, 2.75) is 6.42 Å². The number of carbonyl (C=O) groups is 3. The molecular weight excluding hydrogens is 370 g/mol. The summed E-state index contributed by atoms with van der Waals surface area (Å²) in [4.78, 5) is 39.1. The lowest BCUT2D eigenvalue weighted by Crippen LogP contribution is -2.32. The fourth-order valence-electron chi connectivity index (χ4n) is 4.71. The Labute approximate surface area is 167 Å². The maximum atomic E-state index is 12.9. The third-order valence-corrected chi connectivity index (χ3v) is 6.01. The van der Waals surface area contributed by atoms with Crippen LogP contribution in [0.1, 0.15) is 6.42 Å². The van der Waals surface area contributed by atoms with E-state index in [2.05, 4.69) is 22.8 Å². The molecule has 0 spiro atoms. The average molecular weight is 389 g/mol. The molecule has 1 saturated carbocycles. The molecule has 3 aliphatic rings. The van der Waals surface area contributed by atoms with E-state index in [-0.39, 0.29) is 41.2 Å². The zero-order chi connectivity index (χ0) is 20.1. The van der Waals surface area contributed by atoms with Crippen LogP contribution in [-0.4, -0.2) is 23.0 Å². The van der Waals surface area contributed by atoms with E-state index in [0.29, 0.717) is 17.1 Å². The molecule has 29 heavy (non-hydrogen) atoms. The number of para-hydroxylation sites is 2. The SMILES string of the molecule is O=C(Nc1ccc(N2C(=O)[C@@H]3[C@@H](C2=O)[C@H]2C=C[C@H]3C2)cc1)Nc1ccccc1O. The Hall–Kier alpha value is -3.61. The Morgan fingerprint density at radius 1 is 0.897 bits per heavy atom. The van der Waals surface area contributed by atoms with Gasteiger partial charge in [-0.1, -0.05) is 24.3 Å². The van der Waals surface area contributed by atoms with E-state index in [1.54, 1.807) is 42.5 Å². The summed E-state index contributed by atoms with van der Waals surface area (Å²) in [5.74, 6) is -0.419. The lowest BCUT2D eigenvalue weighted by Gasteiger charge is -2.17. The van der Waals surface area contributed by atoms with Crippen molar-refractivity contribution < 1.29 is 19.5 Å². The van der Waals surface area contributed by atoms with Gasteiger partial charge in [-0.25, -0.2) is 4.79 Å². The maximum absolute atomic E-state index is 12.9. The van der Waals surface area contributed by atoms with Crippen LogP contribution in [0.15, 0.2) is 60.7 Å². The number of phenols is 1. The second-order valence-electron chi connectivity index (χ2n) is 7.65. The third-order valence-electron chi connectivity index (χ3n) is 6.01. The molecule has 5 rings (SSSR count). The van der Waals surface area contributed by atoms with Crippen molar-refractivity contribution in [2.24, 2.45) is 23.7 Å². The number of urea groups is 1. The van der Waals surface area contributed by atoms with Gasteiger partial charge in [-0.15, -0.1) is 0 Å². The first kappa shape index (κ1) is 17.5. The van der Waals surface area contributed by atoms with Crippen LogP contribution in [0.25, 0.3) is 0 Å². The summed E-state index contributed by atoms with van der Waals surface area (Å²) in [6, 6.07) is 12.5. The molecule has 0 aromatic heterocycles. The van der Waals surface area contributed by atoms with Crippen molar-refractivity contribution in [3.63, 3.8) is 0 Å². The number of anilines is 3. The van der Waals surface area contributed by atoms with Crippen LogP contribution < -0.4 is 15.5 Å². The number of benzene rings is 2. The highest BCUT2D eigenvalue weighted by molar-refractivity contribution is 6.22. The van der Waals surface area contributed by atoms with E-state index in [9.17, 15) is 19.5 Å². The minimum Gasteiger partial charge on any atom is -0.506 e. The first-order valence-electron chi connectivity index (χ1n) is 9.55. The summed E-state index contributed by atoms with van der Waals surface area (Å²) in [5, 5.41) is 14.9. The van der Waals surface area contributed by atoms with Gasteiger partial charge < -0.3 is 15.7 Å². The Bertz CT molecular complexity index is 1020. The fraction of sp³-hybridized carbons (Fsp3) is 0.227. The quantitative estimate of drug-likeness (QED) is 0.426. The van der Waals surface area contributed by atoms with Crippen LogP contribution in [0.2, 0.25) is 0 Å². The average Bonchev–Trinajstić information content (AvgIpc) is 3.38. The summed E-state index contributed by atoms with van der Waals surface area (Å²) in [7, 11) is 0. The number of hydrogen-bond donors (Lipinski definition) is 3. The first-order chi connectivity index (χ1) is 14.0. The van der Waals surface area contributed by atoms with Gasteiger partial charge in [0.05, 0.1) is 23.2 Å². The number of nitrogens with zero attached hydrogens (tertiary/aromatic N) is 1.